The van der Waals surface area contributed by atoms with E-state index in [4.69, 9.17) is 11.6 Å². The van der Waals surface area contributed by atoms with Gasteiger partial charge in [0.1, 0.15) is 0 Å². The van der Waals surface area contributed by atoms with Gasteiger partial charge in [0.2, 0.25) is 0 Å². The molecular formula is C16H21Cl. The van der Waals surface area contributed by atoms with Crippen LogP contribution < -0.4 is 0 Å². The van der Waals surface area contributed by atoms with Crippen molar-refractivity contribution in [3.05, 3.63) is 34.4 Å². The van der Waals surface area contributed by atoms with Crippen LogP contribution in [0.1, 0.15) is 46.9 Å². The average Bonchev–Trinajstić information content (AvgIpc) is 2.71. The Kier molecular flexibility index (Phi) is 2.74. The van der Waals surface area contributed by atoms with Crippen LogP contribution in [0.5, 0.6) is 0 Å². The van der Waals surface area contributed by atoms with Gasteiger partial charge in [-0.3, -0.25) is 0 Å². The van der Waals surface area contributed by atoms with Crippen molar-refractivity contribution in [2.24, 2.45) is 17.8 Å². The van der Waals surface area contributed by atoms with Gasteiger partial charge in [-0.2, -0.15) is 0 Å². The summed E-state index contributed by atoms with van der Waals surface area (Å²) in [5.74, 6) is 2.65. The van der Waals surface area contributed by atoms with Crippen molar-refractivity contribution < 1.29 is 0 Å². The highest BCUT2D eigenvalue weighted by molar-refractivity contribution is 6.21. The van der Waals surface area contributed by atoms with E-state index in [0.29, 0.717) is 0 Å². The Balaban J connectivity index is 1.89. The molecule has 0 nitrogen and oxygen atoms in total. The molecule has 2 aliphatic rings. The van der Waals surface area contributed by atoms with Crippen LogP contribution in [0.3, 0.4) is 0 Å². The van der Waals surface area contributed by atoms with Gasteiger partial charge in [0, 0.05) is 0 Å². The van der Waals surface area contributed by atoms with E-state index in [0.717, 1.165) is 17.8 Å². The largest absolute Gasteiger partial charge is 0.117 e. The second kappa shape index (κ2) is 4.02. The third-order valence-corrected chi connectivity index (χ3v) is 5.33. The second-order valence-corrected chi connectivity index (χ2v) is 6.52. The van der Waals surface area contributed by atoms with Crippen molar-refractivity contribution in [1.82, 2.24) is 0 Å². The van der Waals surface area contributed by atoms with Crippen LogP contribution in [-0.4, -0.2) is 0 Å². The van der Waals surface area contributed by atoms with E-state index in [1.807, 2.05) is 0 Å². The zero-order valence-corrected chi connectivity index (χ0v) is 11.7. The van der Waals surface area contributed by atoms with Crippen LogP contribution in [0.25, 0.3) is 0 Å². The van der Waals surface area contributed by atoms with E-state index in [9.17, 15) is 0 Å². The summed E-state index contributed by atoms with van der Waals surface area (Å²) < 4.78 is 0. The summed E-state index contributed by atoms with van der Waals surface area (Å²) in [5, 5.41) is 0.255. The third-order valence-electron chi connectivity index (χ3n) is 4.82. The van der Waals surface area contributed by atoms with Crippen molar-refractivity contribution in [1.29, 1.82) is 0 Å². The zero-order valence-electron chi connectivity index (χ0n) is 11.0. The molecule has 1 aromatic rings. The SMILES string of the molecule is Cc1cc(C)c(C(Cl)C2C3CCCC32)c(C)c1. The Hall–Kier alpha value is -0.490. The molecule has 3 rings (SSSR count). The summed E-state index contributed by atoms with van der Waals surface area (Å²) in [6.45, 7) is 6.59. The topological polar surface area (TPSA) is 0 Å². The van der Waals surface area contributed by atoms with E-state index in [-0.39, 0.29) is 5.38 Å². The van der Waals surface area contributed by atoms with Crippen molar-refractivity contribution in [2.75, 3.05) is 0 Å². The van der Waals surface area contributed by atoms with Crippen molar-refractivity contribution >= 4 is 11.6 Å². The fraction of sp³-hybridized carbons (Fsp3) is 0.625. The van der Waals surface area contributed by atoms with Crippen LogP contribution >= 0.6 is 11.6 Å². The average molecular weight is 249 g/mol. The molecule has 0 aromatic heterocycles. The Bertz CT molecular complexity index is 416. The molecule has 0 spiro atoms. The van der Waals surface area contributed by atoms with Gasteiger partial charge in [-0.1, -0.05) is 24.1 Å². The lowest BCUT2D eigenvalue weighted by molar-refractivity contribution is 0.571. The smallest absolute Gasteiger partial charge is 0.0624 e. The number of aryl methyl sites for hydroxylation is 3. The van der Waals surface area contributed by atoms with Crippen molar-refractivity contribution in [3.63, 3.8) is 0 Å². The molecule has 0 N–H and O–H groups in total. The minimum atomic E-state index is 0.255. The van der Waals surface area contributed by atoms with Gasteiger partial charge in [0.15, 0.2) is 0 Å². The van der Waals surface area contributed by atoms with Crippen LogP contribution in [0, 0.1) is 38.5 Å². The highest BCUT2D eigenvalue weighted by atomic mass is 35.5. The summed E-state index contributed by atoms with van der Waals surface area (Å²) in [6.07, 6.45) is 4.27. The summed E-state index contributed by atoms with van der Waals surface area (Å²) >= 11 is 6.77. The molecule has 0 aliphatic heterocycles. The molecule has 17 heavy (non-hydrogen) atoms. The quantitative estimate of drug-likeness (QED) is 0.651. The Morgan fingerprint density at radius 2 is 1.59 bits per heavy atom. The predicted octanol–water partition coefficient (Wildman–Crippen LogP) is 4.94. The van der Waals surface area contributed by atoms with Gasteiger partial charge in [-0.25, -0.2) is 0 Å². The van der Waals surface area contributed by atoms with Gasteiger partial charge in [-0.05, 0) is 68.1 Å². The summed E-state index contributed by atoms with van der Waals surface area (Å²) in [5.41, 5.74) is 5.53. The molecule has 3 atom stereocenters. The van der Waals surface area contributed by atoms with Gasteiger partial charge < -0.3 is 0 Å². The maximum atomic E-state index is 6.77. The Morgan fingerprint density at radius 3 is 2.12 bits per heavy atom. The first-order valence-corrected chi connectivity index (χ1v) is 7.25. The van der Waals surface area contributed by atoms with Crippen LogP contribution in [0.2, 0.25) is 0 Å². The van der Waals surface area contributed by atoms with E-state index in [2.05, 4.69) is 32.9 Å². The lowest BCUT2D eigenvalue weighted by Gasteiger charge is -2.18. The first-order valence-electron chi connectivity index (χ1n) is 6.81. The number of alkyl halides is 1. The fourth-order valence-electron chi connectivity index (χ4n) is 4.13. The molecule has 0 bridgehead atoms. The number of halogens is 1. The maximum Gasteiger partial charge on any atom is 0.0624 e. The number of benzene rings is 1. The van der Waals surface area contributed by atoms with Crippen LogP contribution in [0.4, 0.5) is 0 Å². The van der Waals surface area contributed by atoms with E-state index in [1.54, 1.807) is 0 Å². The normalized spacial score (nSPS) is 32.4. The molecular weight excluding hydrogens is 228 g/mol. The molecule has 0 amide bonds. The van der Waals surface area contributed by atoms with Crippen LogP contribution in [0.15, 0.2) is 12.1 Å². The molecule has 2 fully saturated rings. The standard InChI is InChI=1S/C16H21Cl/c1-9-7-10(2)14(11(3)8-9)16(17)15-12-5-4-6-13(12)15/h7-8,12-13,15-16H,4-6H2,1-3H3. The van der Waals surface area contributed by atoms with Gasteiger partial charge in [-0.15, -0.1) is 11.6 Å². The van der Waals surface area contributed by atoms with E-state index in [1.165, 1.54) is 41.5 Å². The lowest BCUT2D eigenvalue weighted by Crippen LogP contribution is -2.04. The molecule has 2 saturated carbocycles. The maximum absolute atomic E-state index is 6.77. The van der Waals surface area contributed by atoms with Crippen LogP contribution in [-0.2, 0) is 0 Å². The molecule has 2 aliphatic carbocycles. The minimum absolute atomic E-state index is 0.255. The number of fused-ring (bicyclic) bond motifs is 1. The highest BCUT2D eigenvalue weighted by Crippen LogP contribution is 2.64. The molecule has 3 unspecified atom stereocenters. The van der Waals surface area contributed by atoms with Gasteiger partial charge in [0.05, 0.1) is 5.38 Å². The number of rotatable bonds is 2. The third kappa shape index (κ3) is 1.81. The summed E-state index contributed by atoms with van der Waals surface area (Å²) in [7, 11) is 0. The predicted molar refractivity (Wildman–Crippen MR) is 73.6 cm³/mol. The summed E-state index contributed by atoms with van der Waals surface area (Å²) in [4.78, 5) is 0. The first kappa shape index (κ1) is 11.6. The number of hydrogen-bond acceptors (Lipinski definition) is 0. The molecule has 0 saturated heterocycles. The van der Waals surface area contributed by atoms with Gasteiger partial charge in [0.25, 0.3) is 0 Å². The Labute approximate surface area is 109 Å². The lowest BCUT2D eigenvalue weighted by atomic mass is 9.93. The molecule has 0 heterocycles. The highest BCUT2D eigenvalue weighted by Gasteiger charge is 2.56. The molecule has 1 heteroatoms. The molecule has 92 valence electrons. The second-order valence-electron chi connectivity index (χ2n) is 6.05. The van der Waals surface area contributed by atoms with Gasteiger partial charge >= 0.3 is 0 Å². The molecule has 0 radical (unpaired) electrons. The van der Waals surface area contributed by atoms with E-state index < -0.39 is 0 Å². The monoisotopic (exact) mass is 248 g/mol. The van der Waals surface area contributed by atoms with Crippen molar-refractivity contribution in [2.45, 2.75) is 45.4 Å². The molecule has 1 aromatic carbocycles. The van der Waals surface area contributed by atoms with Crippen molar-refractivity contribution in [3.8, 4) is 0 Å². The summed E-state index contributed by atoms with van der Waals surface area (Å²) in [6, 6.07) is 4.55. The Morgan fingerprint density at radius 1 is 1.06 bits per heavy atom. The first-order chi connectivity index (χ1) is 8.09. The fourth-order valence-corrected chi connectivity index (χ4v) is 4.85. The van der Waals surface area contributed by atoms with E-state index >= 15 is 0 Å². The minimum Gasteiger partial charge on any atom is -0.117 e. The number of hydrogen-bond donors (Lipinski definition) is 0. The zero-order chi connectivity index (χ0) is 12.2.